The Hall–Kier alpha value is -0.820. The van der Waals surface area contributed by atoms with Crippen LogP contribution in [0, 0.1) is 10.5 Å². The summed E-state index contributed by atoms with van der Waals surface area (Å²) in [6.45, 7) is 2.51. The van der Waals surface area contributed by atoms with Crippen LogP contribution in [0.15, 0.2) is 23.2 Å². The molecule has 0 amide bonds. The third-order valence-electron chi connectivity index (χ3n) is 1.74. The number of rotatable bonds is 2. The average Bonchev–Trinajstić information content (AvgIpc) is 2.16. The molecule has 0 aromatic heterocycles. The van der Waals surface area contributed by atoms with Crippen molar-refractivity contribution in [1.29, 1.82) is 0 Å². The van der Waals surface area contributed by atoms with Gasteiger partial charge in [-0.1, -0.05) is 17.7 Å². The number of benzene rings is 1. The van der Waals surface area contributed by atoms with Gasteiger partial charge in [-0.05, 0) is 41.1 Å². The van der Waals surface area contributed by atoms with E-state index in [1.807, 2.05) is 19.1 Å². The van der Waals surface area contributed by atoms with E-state index in [2.05, 4.69) is 33.6 Å². The number of nitrogens with zero attached hydrogens (tertiary/aromatic N) is 1. The lowest BCUT2D eigenvalue weighted by Gasteiger charge is -2.03. The molecule has 0 heterocycles. The predicted octanol–water partition coefficient (Wildman–Crippen LogP) is 1.39. The number of aryl methyl sites for hydroxylation is 1. The van der Waals surface area contributed by atoms with Crippen LogP contribution in [-0.2, 0) is 6.54 Å². The summed E-state index contributed by atoms with van der Waals surface area (Å²) in [5, 5.41) is 8.42. The van der Waals surface area contributed by atoms with Crippen molar-refractivity contribution in [1.82, 2.24) is 5.48 Å². The molecule has 14 heavy (non-hydrogen) atoms. The maximum absolute atomic E-state index is 8.42. The van der Waals surface area contributed by atoms with Crippen LogP contribution in [-0.4, -0.2) is 11.2 Å². The van der Waals surface area contributed by atoms with Crippen LogP contribution in [0.4, 0.5) is 0 Å². The normalized spacial score (nSPS) is 11.5. The van der Waals surface area contributed by atoms with Gasteiger partial charge in [0.2, 0.25) is 5.96 Å². The second-order valence-corrected chi connectivity index (χ2v) is 4.07. The fraction of sp³-hybridized carbons (Fsp3) is 0.222. The zero-order valence-electron chi connectivity index (χ0n) is 7.79. The van der Waals surface area contributed by atoms with Crippen molar-refractivity contribution >= 4 is 28.6 Å². The molecule has 1 aromatic rings. The monoisotopic (exact) mass is 305 g/mol. The first kappa shape index (κ1) is 11.3. The second-order valence-electron chi connectivity index (χ2n) is 2.91. The lowest BCUT2D eigenvalue weighted by atomic mass is 10.1. The number of hydroxylamine groups is 1. The van der Waals surface area contributed by atoms with Gasteiger partial charge < -0.3 is 5.73 Å². The molecular formula is C9H12IN3O. The summed E-state index contributed by atoms with van der Waals surface area (Å²) >= 11 is 2.25. The third kappa shape index (κ3) is 3.15. The molecule has 0 aliphatic heterocycles. The highest BCUT2D eigenvalue weighted by molar-refractivity contribution is 14.1. The van der Waals surface area contributed by atoms with E-state index in [9.17, 15) is 0 Å². The maximum atomic E-state index is 8.42. The third-order valence-corrected chi connectivity index (χ3v) is 2.75. The Morgan fingerprint density at radius 1 is 1.64 bits per heavy atom. The van der Waals surface area contributed by atoms with Gasteiger partial charge in [0, 0.05) is 3.57 Å². The summed E-state index contributed by atoms with van der Waals surface area (Å²) in [7, 11) is 0. The average molecular weight is 305 g/mol. The highest BCUT2D eigenvalue weighted by Gasteiger charge is 1.98. The molecule has 1 rings (SSSR count). The molecule has 0 aliphatic rings. The Kier molecular flexibility index (Phi) is 4.15. The fourth-order valence-electron chi connectivity index (χ4n) is 0.986. The van der Waals surface area contributed by atoms with Gasteiger partial charge in [-0.15, -0.1) is 0 Å². The molecule has 0 atom stereocenters. The Balaban J connectivity index is 2.77. The van der Waals surface area contributed by atoms with Crippen LogP contribution in [0.25, 0.3) is 0 Å². The molecule has 0 saturated carbocycles. The first-order valence-corrected chi connectivity index (χ1v) is 5.16. The smallest absolute Gasteiger partial charge is 0.213 e. The molecule has 4 N–H and O–H groups in total. The molecule has 0 aliphatic carbocycles. The van der Waals surface area contributed by atoms with Crippen molar-refractivity contribution in [2.24, 2.45) is 10.7 Å². The van der Waals surface area contributed by atoms with Crippen LogP contribution in [0.2, 0.25) is 0 Å². The number of guanidine groups is 1. The zero-order valence-corrected chi connectivity index (χ0v) is 9.95. The summed E-state index contributed by atoms with van der Waals surface area (Å²) in [5.41, 5.74) is 9.39. The molecule has 0 radical (unpaired) electrons. The summed E-state index contributed by atoms with van der Waals surface area (Å²) in [5.74, 6) is 0.0291. The Morgan fingerprint density at radius 3 is 2.93 bits per heavy atom. The lowest BCUT2D eigenvalue weighted by Crippen LogP contribution is -2.28. The fourth-order valence-corrected chi connectivity index (χ4v) is 1.83. The topological polar surface area (TPSA) is 70.6 Å². The minimum absolute atomic E-state index is 0.0291. The van der Waals surface area contributed by atoms with Crippen molar-refractivity contribution in [3.8, 4) is 0 Å². The van der Waals surface area contributed by atoms with Crippen molar-refractivity contribution in [2.45, 2.75) is 13.5 Å². The van der Waals surface area contributed by atoms with E-state index in [1.165, 1.54) is 5.56 Å². The van der Waals surface area contributed by atoms with E-state index in [0.29, 0.717) is 6.54 Å². The Labute approximate surface area is 96.3 Å². The van der Waals surface area contributed by atoms with Gasteiger partial charge in [0.1, 0.15) is 0 Å². The van der Waals surface area contributed by atoms with E-state index < -0.39 is 0 Å². The molecule has 0 unspecified atom stereocenters. The largest absolute Gasteiger partial charge is 0.368 e. The van der Waals surface area contributed by atoms with Crippen molar-refractivity contribution < 1.29 is 5.21 Å². The SMILES string of the molecule is Cc1ccc(CN=C(N)NO)c(I)c1. The van der Waals surface area contributed by atoms with Crippen molar-refractivity contribution in [3.05, 3.63) is 32.9 Å². The predicted molar refractivity (Wildman–Crippen MR) is 64.1 cm³/mol. The van der Waals surface area contributed by atoms with Crippen molar-refractivity contribution in [2.75, 3.05) is 0 Å². The molecule has 5 heteroatoms. The zero-order chi connectivity index (χ0) is 10.6. The first-order valence-electron chi connectivity index (χ1n) is 4.08. The molecule has 0 spiro atoms. The highest BCUT2D eigenvalue weighted by Crippen LogP contribution is 2.14. The van der Waals surface area contributed by atoms with Gasteiger partial charge in [-0.25, -0.2) is 10.5 Å². The quantitative estimate of drug-likeness (QED) is 0.335. The van der Waals surface area contributed by atoms with Gasteiger partial charge in [0.15, 0.2) is 0 Å². The Morgan fingerprint density at radius 2 is 2.36 bits per heavy atom. The van der Waals surface area contributed by atoms with Gasteiger partial charge in [-0.2, -0.15) is 0 Å². The van der Waals surface area contributed by atoms with Crippen LogP contribution >= 0.6 is 22.6 Å². The van der Waals surface area contributed by atoms with Crippen LogP contribution in [0.3, 0.4) is 0 Å². The molecular weight excluding hydrogens is 293 g/mol. The van der Waals surface area contributed by atoms with Gasteiger partial charge in [0.25, 0.3) is 0 Å². The van der Waals surface area contributed by atoms with Crippen LogP contribution in [0.1, 0.15) is 11.1 Å². The number of hydrogen-bond acceptors (Lipinski definition) is 2. The first-order chi connectivity index (χ1) is 6.63. The number of halogens is 1. The van der Waals surface area contributed by atoms with E-state index >= 15 is 0 Å². The van der Waals surface area contributed by atoms with Gasteiger partial charge in [-0.3, -0.25) is 5.21 Å². The minimum Gasteiger partial charge on any atom is -0.368 e. The number of hydrogen-bond donors (Lipinski definition) is 3. The molecule has 4 nitrogen and oxygen atoms in total. The molecule has 0 bridgehead atoms. The summed E-state index contributed by atoms with van der Waals surface area (Å²) in [6, 6.07) is 6.11. The van der Waals surface area contributed by atoms with Crippen LogP contribution < -0.4 is 11.2 Å². The molecule has 0 fully saturated rings. The van der Waals surface area contributed by atoms with Gasteiger partial charge >= 0.3 is 0 Å². The van der Waals surface area contributed by atoms with Gasteiger partial charge in [0.05, 0.1) is 6.54 Å². The highest BCUT2D eigenvalue weighted by atomic mass is 127. The molecule has 1 aromatic carbocycles. The van der Waals surface area contributed by atoms with Crippen LogP contribution in [0.5, 0.6) is 0 Å². The Bertz CT molecular complexity index is 352. The molecule has 0 saturated heterocycles. The van der Waals surface area contributed by atoms with Crippen molar-refractivity contribution in [3.63, 3.8) is 0 Å². The lowest BCUT2D eigenvalue weighted by molar-refractivity contribution is 0.232. The standard InChI is InChI=1S/C9H12IN3O/c1-6-2-3-7(8(10)4-6)5-12-9(11)13-14/h2-4,14H,5H2,1H3,(H3,11,12,13). The minimum atomic E-state index is 0.0291. The summed E-state index contributed by atoms with van der Waals surface area (Å²) in [6.07, 6.45) is 0. The second kappa shape index (κ2) is 5.16. The van der Waals surface area contributed by atoms with E-state index in [4.69, 9.17) is 10.9 Å². The molecule has 76 valence electrons. The summed E-state index contributed by atoms with van der Waals surface area (Å²) < 4.78 is 1.15. The van der Waals surface area contributed by atoms with E-state index in [1.54, 1.807) is 5.48 Å². The summed E-state index contributed by atoms with van der Waals surface area (Å²) in [4.78, 5) is 3.93. The maximum Gasteiger partial charge on any atom is 0.213 e. The number of aliphatic imine (C=N–C) groups is 1. The van der Waals surface area contributed by atoms with E-state index in [0.717, 1.165) is 9.13 Å². The van der Waals surface area contributed by atoms with E-state index in [-0.39, 0.29) is 5.96 Å². The number of nitrogens with two attached hydrogens (primary N) is 1. The number of nitrogens with one attached hydrogen (secondary N) is 1.